The lowest BCUT2D eigenvalue weighted by atomic mass is 10.0. The van der Waals surface area contributed by atoms with Gasteiger partial charge in [0.25, 0.3) is 0 Å². The molecule has 0 heterocycles. The summed E-state index contributed by atoms with van der Waals surface area (Å²) in [5.41, 5.74) is 0.938. The van der Waals surface area contributed by atoms with Gasteiger partial charge in [-0.2, -0.15) is 0 Å². The first-order valence-corrected chi connectivity index (χ1v) is 8.20. The van der Waals surface area contributed by atoms with E-state index in [9.17, 15) is 10.2 Å². The summed E-state index contributed by atoms with van der Waals surface area (Å²) in [6, 6.07) is 8.28. The number of hydrogen-bond acceptors (Lipinski definition) is 3. The van der Waals surface area contributed by atoms with Gasteiger partial charge in [-0.05, 0) is 37.0 Å². The summed E-state index contributed by atoms with van der Waals surface area (Å²) in [6.45, 7) is 5.99. The number of aliphatic hydroxyl groups excluding tert-OH is 2. The Hall–Kier alpha value is -0.420. The van der Waals surface area contributed by atoms with E-state index in [0.717, 1.165) is 29.4 Å². The molecule has 0 aliphatic carbocycles. The Balaban J connectivity index is 2.58. The van der Waals surface area contributed by atoms with Crippen LogP contribution in [0.15, 0.2) is 28.7 Å². The molecule has 0 aromatic heterocycles. The van der Waals surface area contributed by atoms with Gasteiger partial charge >= 0.3 is 0 Å². The molecule has 4 heteroatoms. The minimum Gasteiger partial charge on any atom is -0.395 e. The zero-order valence-electron chi connectivity index (χ0n) is 12.4. The van der Waals surface area contributed by atoms with E-state index in [2.05, 4.69) is 34.7 Å². The predicted octanol–water partition coefficient (Wildman–Crippen LogP) is 3.36. The first-order valence-electron chi connectivity index (χ1n) is 7.40. The molecule has 1 atom stereocenters. The van der Waals surface area contributed by atoms with E-state index in [1.54, 1.807) is 0 Å². The summed E-state index contributed by atoms with van der Waals surface area (Å²) in [6.07, 6.45) is 2.38. The van der Waals surface area contributed by atoms with Gasteiger partial charge in [-0.25, -0.2) is 0 Å². The highest BCUT2D eigenvalue weighted by molar-refractivity contribution is 9.10. The van der Waals surface area contributed by atoms with Gasteiger partial charge in [-0.3, -0.25) is 4.90 Å². The van der Waals surface area contributed by atoms with Gasteiger partial charge in [0.05, 0.1) is 12.7 Å². The Morgan fingerprint density at radius 2 is 1.90 bits per heavy atom. The Kier molecular flexibility index (Phi) is 8.38. The average molecular weight is 344 g/mol. The summed E-state index contributed by atoms with van der Waals surface area (Å²) in [7, 11) is 0. The van der Waals surface area contributed by atoms with Gasteiger partial charge in [-0.1, -0.05) is 41.9 Å². The maximum Gasteiger partial charge on any atom is 0.0802 e. The molecule has 0 aliphatic heterocycles. The molecule has 2 N–H and O–H groups in total. The van der Waals surface area contributed by atoms with Crippen LogP contribution in [0.3, 0.4) is 0 Å². The van der Waals surface area contributed by atoms with E-state index in [4.69, 9.17) is 0 Å². The molecule has 1 aromatic rings. The zero-order valence-corrected chi connectivity index (χ0v) is 14.0. The normalized spacial score (nSPS) is 13.2. The molecule has 3 nitrogen and oxygen atoms in total. The minimum absolute atomic E-state index is 0.170. The molecule has 0 aliphatic rings. The molecule has 0 spiro atoms. The number of benzene rings is 1. The quantitative estimate of drug-likeness (QED) is 0.722. The van der Waals surface area contributed by atoms with Crippen LogP contribution in [0.1, 0.15) is 44.8 Å². The molecule has 1 aromatic carbocycles. The fourth-order valence-electron chi connectivity index (χ4n) is 2.58. The molecule has 1 unspecified atom stereocenters. The molecule has 0 saturated carbocycles. The van der Waals surface area contributed by atoms with Gasteiger partial charge in [-0.15, -0.1) is 0 Å². The van der Waals surface area contributed by atoms with Crippen LogP contribution in [0.5, 0.6) is 0 Å². The predicted molar refractivity (Wildman–Crippen MR) is 86.7 cm³/mol. The largest absolute Gasteiger partial charge is 0.395 e. The second kappa shape index (κ2) is 9.50. The highest BCUT2D eigenvalue weighted by atomic mass is 79.9. The van der Waals surface area contributed by atoms with Crippen molar-refractivity contribution in [1.29, 1.82) is 0 Å². The van der Waals surface area contributed by atoms with E-state index in [1.165, 1.54) is 0 Å². The topological polar surface area (TPSA) is 43.7 Å². The van der Waals surface area contributed by atoms with Crippen molar-refractivity contribution in [3.05, 3.63) is 34.3 Å². The summed E-state index contributed by atoms with van der Waals surface area (Å²) in [5, 5.41) is 19.5. The lowest BCUT2D eigenvalue weighted by Gasteiger charge is -2.30. The maximum absolute atomic E-state index is 10.3. The van der Waals surface area contributed by atoms with E-state index >= 15 is 0 Å². The summed E-state index contributed by atoms with van der Waals surface area (Å²) >= 11 is 3.43. The Bertz CT molecular complexity index is 382. The summed E-state index contributed by atoms with van der Waals surface area (Å²) < 4.78 is 0.987. The van der Waals surface area contributed by atoms with Crippen LogP contribution < -0.4 is 0 Å². The van der Waals surface area contributed by atoms with Crippen molar-refractivity contribution in [1.82, 2.24) is 4.90 Å². The number of halogens is 1. The van der Waals surface area contributed by atoms with Crippen molar-refractivity contribution >= 4 is 15.9 Å². The summed E-state index contributed by atoms with van der Waals surface area (Å²) in [5.74, 6) is 0. The number of aliphatic hydroxyl groups is 2. The van der Waals surface area contributed by atoms with Crippen molar-refractivity contribution in [2.45, 2.75) is 45.3 Å². The standard InChI is InChI=1S/C16H26BrNO2/c1-3-15(4-2)18(10-11-19)9-8-16(20)13-6-5-7-14(17)12-13/h5-7,12,15-16,19-20H,3-4,8-11H2,1-2H3. The highest BCUT2D eigenvalue weighted by Crippen LogP contribution is 2.21. The van der Waals surface area contributed by atoms with Crippen LogP contribution in [-0.4, -0.2) is 40.9 Å². The molecule has 0 fully saturated rings. The Morgan fingerprint density at radius 1 is 1.20 bits per heavy atom. The minimum atomic E-state index is -0.456. The number of nitrogens with zero attached hydrogens (tertiary/aromatic N) is 1. The molecule has 1 rings (SSSR count). The van der Waals surface area contributed by atoms with Gasteiger partial charge in [0, 0.05) is 23.6 Å². The van der Waals surface area contributed by atoms with Crippen LogP contribution >= 0.6 is 15.9 Å². The van der Waals surface area contributed by atoms with E-state index in [0.29, 0.717) is 19.0 Å². The number of rotatable bonds is 9. The van der Waals surface area contributed by atoms with E-state index in [1.807, 2.05) is 24.3 Å². The fourth-order valence-corrected chi connectivity index (χ4v) is 3.00. The van der Waals surface area contributed by atoms with Crippen LogP contribution in [0.4, 0.5) is 0 Å². The summed E-state index contributed by atoms with van der Waals surface area (Å²) in [4.78, 5) is 2.28. The van der Waals surface area contributed by atoms with Crippen molar-refractivity contribution in [2.75, 3.05) is 19.7 Å². The molecule has 0 saturated heterocycles. The molecular weight excluding hydrogens is 318 g/mol. The zero-order chi connectivity index (χ0) is 15.0. The second-order valence-corrected chi connectivity index (χ2v) is 6.01. The molecule has 0 amide bonds. The molecule has 20 heavy (non-hydrogen) atoms. The van der Waals surface area contributed by atoms with Crippen molar-refractivity contribution in [3.8, 4) is 0 Å². The molecular formula is C16H26BrNO2. The van der Waals surface area contributed by atoms with Crippen molar-refractivity contribution < 1.29 is 10.2 Å². The molecule has 114 valence electrons. The lowest BCUT2D eigenvalue weighted by molar-refractivity contribution is 0.104. The first-order chi connectivity index (χ1) is 9.62. The third-order valence-corrected chi connectivity index (χ3v) is 4.26. The van der Waals surface area contributed by atoms with Crippen LogP contribution in [-0.2, 0) is 0 Å². The first kappa shape index (κ1) is 17.6. The maximum atomic E-state index is 10.3. The fraction of sp³-hybridized carbons (Fsp3) is 0.625. The smallest absolute Gasteiger partial charge is 0.0802 e. The monoisotopic (exact) mass is 343 g/mol. The third-order valence-electron chi connectivity index (χ3n) is 3.77. The lowest BCUT2D eigenvalue weighted by Crippen LogP contribution is -2.38. The van der Waals surface area contributed by atoms with Gasteiger partial charge in [0.15, 0.2) is 0 Å². The number of hydrogen-bond donors (Lipinski definition) is 2. The Labute approximate surface area is 130 Å². The van der Waals surface area contributed by atoms with Crippen LogP contribution in [0.25, 0.3) is 0 Å². The highest BCUT2D eigenvalue weighted by Gasteiger charge is 2.16. The van der Waals surface area contributed by atoms with Gasteiger partial charge in [0.2, 0.25) is 0 Å². The van der Waals surface area contributed by atoms with E-state index in [-0.39, 0.29) is 6.61 Å². The second-order valence-electron chi connectivity index (χ2n) is 5.09. The third kappa shape index (κ3) is 5.52. The van der Waals surface area contributed by atoms with Gasteiger partial charge < -0.3 is 10.2 Å². The van der Waals surface area contributed by atoms with Crippen molar-refractivity contribution in [3.63, 3.8) is 0 Å². The van der Waals surface area contributed by atoms with Gasteiger partial charge in [0.1, 0.15) is 0 Å². The molecule has 0 radical (unpaired) electrons. The SMILES string of the molecule is CCC(CC)N(CCO)CCC(O)c1cccc(Br)c1. The average Bonchev–Trinajstić information content (AvgIpc) is 2.45. The van der Waals surface area contributed by atoms with Crippen molar-refractivity contribution in [2.24, 2.45) is 0 Å². The van der Waals surface area contributed by atoms with E-state index < -0.39 is 6.10 Å². The van der Waals surface area contributed by atoms with Crippen LogP contribution in [0, 0.1) is 0 Å². The van der Waals surface area contributed by atoms with Crippen LogP contribution in [0.2, 0.25) is 0 Å². The Morgan fingerprint density at radius 3 is 2.45 bits per heavy atom. The molecule has 0 bridgehead atoms.